The molecule has 114 valence electrons. The quantitative estimate of drug-likeness (QED) is 0.794. The van der Waals surface area contributed by atoms with Crippen molar-refractivity contribution in [1.29, 1.82) is 0 Å². The Labute approximate surface area is 131 Å². The first-order chi connectivity index (χ1) is 10.1. The van der Waals surface area contributed by atoms with Crippen molar-refractivity contribution in [2.75, 3.05) is 32.6 Å². The van der Waals surface area contributed by atoms with Crippen LogP contribution in [0.3, 0.4) is 0 Å². The predicted molar refractivity (Wildman–Crippen MR) is 88.3 cm³/mol. The van der Waals surface area contributed by atoms with Gasteiger partial charge in [0.15, 0.2) is 5.82 Å². The second-order valence-corrected chi connectivity index (χ2v) is 6.54. The number of hydrogen-bond donors (Lipinski definition) is 0. The van der Waals surface area contributed by atoms with E-state index >= 15 is 0 Å². The van der Waals surface area contributed by atoms with E-state index in [-0.39, 0.29) is 5.54 Å². The molecule has 5 heteroatoms. The van der Waals surface area contributed by atoms with Gasteiger partial charge in [0.25, 0.3) is 0 Å². The highest BCUT2D eigenvalue weighted by Crippen LogP contribution is 2.37. The number of likely N-dealkylation sites (N-methyl/N-ethyl adjacent to an activating group) is 2. The van der Waals surface area contributed by atoms with Crippen molar-refractivity contribution in [2.45, 2.75) is 30.7 Å². The molecule has 0 spiro atoms. The van der Waals surface area contributed by atoms with Gasteiger partial charge < -0.3 is 14.2 Å². The van der Waals surface area contributed by atoms with E-state index in [2.05, 4.69) is 35.3 Å². The average Bonchev–Trinajstić information content (AvgIpc) is 2.80. The first-order valence-corrected chi connectivity index (χ1v) is 8.01. The molecule has 4 nitrogen and oxygen atoms in total. The zero-order valence-electron chi connectivity index (χ0n) is 13.0. The summed E-state index contributed by atoms with van der Waals surface area (Å²) in [5.41, 5.74) is 2.32. The Morgan fingerprint density at radius 3 is 2.62 bits per heavy atom. The highest BCUT2D eigenvalue weighted by molar-refractivity contribution is 6.17. The lowest BCUT2D eigenvalue weighted by molar-refractivity contribution is 0.0682. The van der Waals surface area contributed by atoms with E-state index in [0.717, 1.165) is 23.7 Å². The summed E-state index contributed by atoms with van der Waals surface area (Å²) < 4.78 is 2.09. The SMILES string of the molecule is CN(CC1(N(C)C)CCC1)c1nc2ccccn2c1CCl. The normalized spacial score (nSPS) is 17.2. The lowest BCUT2D eigenvalue weighted by Gasteiger charge is -2.49. The van der Waals surface area contributed by atoms with Crippen LogP contribution in [-0.2, 0) is 5.88 Å². The van der Waals surface area contributed by atoms with Crippen LogP contribution in [0, 0.1) is 0 Å². The molecule has 0 amide bonds. The second-order valence-electron chi connectivity index (χ2n) is 6.27. The Balaban J connectivity index is 1.92. The van der Waals surface area contributed by atoms with Gasteiger partial charge in [-0.2, -0.15) is 0 Å². The number of fused-ring (bicyclic) bond motifs is 1. The maximum atomic E-state index is 6.18. The fraction of sp³-hybridized carbons (Fsp3) is 0.562. The standard InChI is InChI=1S/C16H23ClN4/c1-19(2)16(8-6-9-16)12-20(3)15-13(11-17)21-10-5-4-7-14(21)18-15/h4-5,7,10H,6,8-9,11-12H2,1-3H3. The number of pyridine rings is 1. The minimum absolute atomic E-state index is 0.286. The Morgan fingerprint density at radius 1 is 1.29 bits per heavy atom. The molecule has 21 heavy (non-hydrogen) atoms. The third-order valence-electron chi connectivity index (χ3n) is 4.86. The van der Waals surface area contributed by atoms with Gasteiger partial charge in [0.05, 0.1) is 11.6 Å². The van der Waals surface area contributed by atoms with Crippen molar-refractivity contribution in [3.63, 3.8) is 0 Å². The van der Waals surface area contributed by atoms with Crippen LogP contribution < -0.4 is 4.90 Å². The Kier molecular flexibility index (Phi) is 3.84. The second kappa shape index (κ2) is 5.50. The molecule has 0 unspecified atom stereocenters. The van der Waals surface area contributed by atoms with Crippen LogP contribution in [-0.4, -0.2) is 47.5 Å². The van der Waals surface area contributed by atoms with E-state index in [1.165, 1.54) is 19.3 Å². The first-order valence-electron chi connectivity index (χ1n) is 7.48. The van der Waals surface area contributed by atoms with Crippen LogP contribution in [0.5, 0.6) is 0 Å². The summed E-state index contributed by atoms with van der Waals surface area (Å²) >= 11 is 6.18. The number of nitrogens with zero attached hydrogens (tertiary/aromatic N) is 4. The van der Waals surface area contributed by atoms with Crippen LogP contribution in [0.4, 0.5) is 5.82 Å². The van der Waals surface area contributed by atoms with Crippen molar-refractivity contribution < 1.29 is 0 Å². The summed E-state index contributed by atoms with van der Waals surface area (Å²) in [7, 11) is 6.49. The molecule has 0 N–H and O–H groups in total. The lowest BCUT2D eigenvalue weighted by Crippen LogP contribution is -2.56. The Hall–Kier alpha value is -1.26. The number of anilines is 1. The fourth-order valence-corrected chi connectivity index (χ4v) is 3.56. The molecule has 0 atom stereocenters. The van der Waals surface area contributed by atoms with Gasteiger partial charge in [-0.25, -0.2) is 4.98 Å². The third kappa shape index (κ3) is 2.40. The van der Waals surface area contributed by atoms with Gasteiger partial charge >= 0.3 is 0 Å². The highest BCUT2D eigenvalue weighted by Gasteiger charge is 2.40. The topological polar surface area (TPSA) is 23.8 Å². The molecule has 3 rings (SSSR count). The molecule has 0 aromatic carbocycles. The van der Waals surface area contributed by atoms with Crippen molar-refractivity contribution >= 4 is 23.1 Å². The molecule has 2 aromatic rings. The molecule has 1 aliphatic rings. The van der Waals surface area contributed by atoms with E-state index in [1.54, 1.807) is 0 Å². The van der Waals surface area contributed by atoms with Gasteiger partial charge in [-0.1, -0.05) is 6.07 Å². The molecule has 0 aliphatic heterocycles. The molecule has 0 saturated heterocycles. The van der Waals surface area contributed by atoms with E-state index < -0.39 is 0 Å². The smallest absolute Gasteiger partial charge is 0.152 e. The summed E-state index contributed by atoms with van der Waals surface area (Å²) in [4.78, 5) is 9.40. The monoisotopic (exact) mass is 306 g/mol. The van der Waals surface area contributed by atoms with Crippen LogP contribution in [0.2, 0.25) is 0 Å². The maximum absolute atomic E-state index is 6.18. The number of rotatable bonds is 5. The summed E-state index contributed by atoms with van der Waals surface area (Å²) in [5, 5.41) is 0. The van der Waals surface area contributed by atoms with Gasteiger partial charge in [0.1, 0.15) is 5.65 Å². The number of aromatic nitrogens is 2. The van der Waals surface area contributed by atoms with Gasteiger partial charge in [-0.15, -0.1) is 11.6 Å². The molecule has 0 bridgehead atoms. The average molecular weight is 307 g/mol. The van der Waals surface area contributed by atoms with Crippen molar-refractivity contribution in [2.24, 2.45) is 0 Å². The Morgan fingerprint density at radius 2 is 2.05 bits per heavy atom. The number of halogens is 1. The van der Waals surface area contributed by atoms with Gasteiger partial charge in [0, 0.05) is 25.3 Å². The molecule has 1 fully saturated rings. The molecule has 1 saturated carbocycles. The van der Waals surface area contributed by atoms with Crippen molar-refractivity contribution in [3.8, 4) is 0 Å². The van der Waals surface area contributed by atoms with Gasteiger partial charge in [-0.3, -0.25) is 0 Å². The van der Waals surface area contributed by atoms with Gasteiger partial charge in [-0.05, 0) is 45.5 Å². The van der Waals surface area contributed by atoms with Crippen LogP contribution in [0.1, 0.15) is 25.0 Å². The zero-order valence-corrected chi connectivity index (χ0v) is 13.8. The summed E-state index contributed by atoms with van der Waals surface area (Å²) in [6, 6.07) is 6.05. The molecule has 0 radical (unpaired) electrons. The predicted octanol–water partition coefficient (Wildman–Crippen LogP) is 2.99. The number of alkyl halides is 1. The molecular formula is C16H23ClN4. The van der Waals surface area contributed by atoms with Gasteiger partial charge in [0.2, 0.25) is 0 Å². The molecule has 2 heterocycles. The zero-order chi connectivity index (χ0) is 15.0. The first kappa shape index (κ1) is 14.7. The Bertz CT molecular complexity index is 630. The van der Waals surface area contributed by atoms with Crippen LogP contribution >= 0.6 is 11.6 Å². The molecule has 2 aromatic heterocycles. The number of hydrogen-bond acceptors (Lipinski definition) is 3. The highest BCUT2D eigenvalue weighted by atomic mass is 35.5. The summed E-state index contributed by atoms with van der Waals surface area (Å²) in [6.45, 7) is 0.994. The molecular weight excluding hydrogens is 284 g/mol. The minimum atomic E-state index is 0.286. The number of imidazole rings is 1. The van der Waals surface area contributed by atoms with E-state index in [9.17, 15) is 0 Å². The fourth-order valence-electron chi connectivity index (χ4n) is 3.31. The van der Waals surface area contributed by atoms with Crippen molar-refractivity contribution in [1.82, 2.24) is 14.3 Å². The largest absolute Gasteiger partial charge is 0.356 e. The van der Waals surface area contributed by atoms with Crippen LogP contribution in [0.15, 0.2) is 24.4 Å². The van der Waals surface area contributed by atoms with E-state index in [4.69, 9.17) is 16.6 Å². The third-order valence-corrected chi connectivity index (χ3v) is 5.11. The van der Waals surface area contributed by atoms with E-state index in [0.29, 0.717) is 5.88 Å². The van der Waals surface area contributed by atoms with Crippen molar-refractivity contribution in [3.05, 3.63) is 30.1 Å². The maximum Gasteiger partial charge on any atom is 0.152 e. The summed E-state index contributed by atoms with van der Waals surface area (Å²) in [5.74, 6) is 1.48. The molecule has 1 aliphatic carbocycles. The van der Waals surface area contributed by atoms with E-state index in [1.807, 2.05) is 24.4 Å². The summed E-state index contributed by atoms with van der Waals surface area (Å²) in [6.07, 6.45) is 5.86. The lowest BCUT2D eigenvalue weighted by atomic mass is 9.75. The van der Waals surface area contributed by atoms with Crippen LogP contribution in [0.25, 0.3) is 5.65 Å². The minimum Gasteiger partial charge on any atom is -0.356 e.